The van der Waals surface area contributed by atoms with Crippen molar-refractivity contribution in [3.63, 3.8) is 0 Å². The molecule has 3 heterocycles. The van der Waals surface area contributed by atoms with Crippen LogP contribution in [0.5, 0.6) is 0 Å². The highest BCUT2D eigenvalue weighted by atomic mass is 35.5. The van der Waals surface area contributed by atoms with Crippen LogP contribution >= 0.6 is 23.8 Å². The smallest absolute Gasteiger partial charge is 0.375 e. The first-order chi connectivity index (χ1) is 20.0. The number of anilines is 2. The van der Waals surface area contributed by atoms with Gasteiger partial charge in [0.2, 0.25) is 5.91 Å². The average Bonchev–Trinajstić information content (AvgIpc) is 3.44. The number of nitrogens with one attached hydrogen (secondary N) is 2. The zero-order chi connectivity index (χ0) is 30.2. The summed E-state index contributed by atoms with van der Waals surface area (Å²) in [7, 11) is 1.42. The standard InChI is InChI=1S/C30H27ClF3N5O2S/c1-17-14-20(18(2)38(17)25-10-5-4-8-21(25)30(32,33)34)28-27(24-9-6-7-13-35-24)37-29(42)39(28)19-11-12-23(22(31)15-19)36-26(40)16-41-3/h4-15,27-28H,16H2,1-3H3,(H,36,40)(H,37,42)/t27-,28-/m0/s1. The summed E-state index contributed by atoms with van der Waals surface area (Å²) in [5.74, 6) is -0.356. The van der Waals surface area contributed by atoms with Crippen molar-refractivity contribution in [3.8, 4) is 5.69 Å². The number of aryl methyl sites for hydroxylation is 1. The molecule has 5 rings (SSSR count). The van der Waals surface area contributed by atoms with Gasteiger partial charge in [-0.1, -0.05) is 29.8 Å². The maximum Gasteiger partial charge on any atom is 0.418 e. The molecule has 12 heteroatoms. The van der Waals surface area contributed by atoms with Gasteiger partial charge >= 0.3 is 6.18 Å². The maximum absolute atomic E-state index is 14.0. The second-order valence-electron chi connectivity index (χ2n) is 9.82. The summed E-state index contributed by atoms with van der Waals surface area (Å²) in [5, 5.41) is 6.74. The summed E-state index contributed by atoms with van der Waals surface area (Å²) in [6, 6.07) is 17.2. The summed E-state index contributed by atoms with van der Waals surface area (Å²) < 4.78 is 48.5. The molecule has 0 radical (unpaired) electrons. The summed E-state index contributed by atoms with van der Waals surface area (Å²) in [6.07, 6.45) is -2.85. The molecule has 0 aliphatic carbocycles. The molecule has 1 saturated heterocycles. The zero-order valence-electron chi connectivity index (χ0n) is 22.9. The summed E-state index contributed by atoms with van der Waals surface area (Å²) in [5.41, 5.74) is 3.08. The predicted octanol–water partition coefficient (Wildman–Crippen LogP) is 6.92. The van der Waals surface area contributed by atoms with E-state index in [4.69, 9.17) is 28.6 Å². The van der Waals surface area contributed by atoms with Crippen LogP contribution in [0.1, 0.15) is 40.3 Å². The van der Waals surface area contributed by atoms with Crippen molar-refractivity contribution in [1.29, 1.82) is 0 Å². The second-order valence-corrected chi connectivity index (χ2v) is 10.6. The van der Waals surface area contributed by atoms with Crippen molar-refractivity contribution in [2.24, 2.45) is 0 Å². The molecule has 2 aromatic heterocycles. The van der Waals surface area contributed by atoms with Crippen molar-refractivity contribution < 1.29 is 22.7 Å². The van der Waals surface area contributed by atoms with Crippen LogP contribution in [0.2, 0.25) is 5.02 Å². The number of pyridine rings is 1. The molecular weight excluding hydrogens is 587 g/mol. The number of nitrogens with zero attached hydrogens (tertiary/aromatic N) is 3. The fraction of sp³-hybridized carbons (Fsp3) is 0.233. The normalized spacial score (nSPS) is 16.9. The average molecular weight is 614 g/mol. The van der Waals surface area contributed by atoms with Crippen LogP contribution in [0.3, 0.4) is 0 Å². The Labute approximate surface area is 251 Å². The van der Waals surface area contributed by atoms with Gasteiger partial charge in [-0.25, -0.2) is 0 Å². The Bertz CT molecular complexity index is 1640. The van der Waals surface area contributed by atoms with E-state index >= 15 is 0 Å². The minimum atomic E-state index is -4.53. The minimum Gasteiger partial charge on any atom is -0.375 e. The van der Waals surface area contributed by atoms with E-state index in [1.807, 2.05) is 23.1 Å². The van der Waals surface area contributed by atoms with Crippen molar-refractivity contribution in [3.05, 3.63) is 106 Å². The number of carbonyl (C=O) groups excluding carboxylic acids is 1. The number of aromatic nitrogens is 2. The van der Waals surface area contributed by atoms with Gasteiger partial charge in [-0.05, 0) is 80.2 Å². The molecular formula is C30H27ClF3N5O2S. The number of carbonyl (C=O) groups is 1. The minimum absolute atomic E-state index is 0.0416. The van der Waals surface area contributed by atoms with Crippen LogP contribution in [0, 0.1) is 13.8 Å². The highest BCUT2D eigenvalue weighted by molar-refractivity contribution is 7.80. The highest BCUT2D eigenvalue weighted by Gasteiger charge is 2.43. The van der Waals surface area contributed by atoms with Crippen LogP contribution in [-0.4, -0.2) is 34.3 Å². The monoisotopic (exact) mass is 613 g/mol. The highest BCUT2D eigenvalue weighted by Crippen LogP contribution is 2.45. The lowest BCUT2D eigenvalue weighted by atomic mass is 9.96. The van der Waals surface area contributed by atoms with E-state index < -0.39 is 23.8 Å². The first-order valence-electron chi connectivity index (χ1n) is 13.0. The molecule has 1 fully saturated rings. The Hall–Kier alpha value is -3.93. The topological polar surface area (TPSA) is 71.4 Å². The lowest BCUT2D eigenvalue weighted by Crippen LogP contribution is -2.29. The van der Waals surface area contributed by atoms with Crippen LogP contribution in [0.25, 0.3) is 5.69 Å². The molecule has 7 nitrogen and oxygen atoms in total. The van der Waals surface area contributed by atoms with Gasteiger partial charge < -0.3 is 24.8 Å². The number of ether oxygens (including phenoxy) is 1. The quantitative estimate of drug-likeness (QED) is 0.221. The number of thiocarbonyl (C=S) groups is 1. The number of amides is 1. The number of halogens is 4. The Morgan fingerprint density at radius 1 is 1.12 bits per heavy atom. The zero-order valence-corrected chi connectivity index (χ0v) is 24.4. The number of rotatable bonds is 7. The maximum atomic E-state index is 14.0. The molecule has 1 amide bonds. The van der Waals surface area contributed by atoms with Gasteiger partial charge in [-0.15, -0.1) is 0 Å². The molecule has 0 bridgehead atoms. The van der Waals surface area contributed by atoms with Crippen LogP contribution < -0.4 is 15.5 Å². The Kier molecular flexibility index (Phi) is 8.27. The second kappa shape index (κ2) is 11.7. The molecule has 2 aromatic carbocycles. The van der Waals surface area contributed by atoms with Crippen LogP contribution in [0.15, 0.2) is 72.9 Å². The molecule has 0 spiro atoms. The van der Waals surface area contributed by atoms with E-state index in [0.717, 1.165) is 11.6 Å². The van der Waals surface area contributed by atoms with Gasteiger partial charge in [-0.3, -0.25) is 9.78 Å². The molecule has 1 aliphatic rings. The SMILES string of the molecule is COCC(=O)Nc1ccc(N2C(=S)N[C@@H](c3ccccn3)[C@@H]2c2cc(C)n(-c3ccccc3C(F)(F)F)c2C)cc1Cl. The Morgan fingerprint density at radius 3 is 2.52 bits per heavy atom. The van der Waals surface area contributed by atoms with E-state index in [1.54, 1.807) is 54.9 Å². The van der Waals surface area contributed by atoms with E-state index in [2.05, 4.69) is 15.6 Å². The molecule has 1 aliphatic heterocycles. The van der Waals surface area contributed by atoms with Crippen molar-refractivity contribution in [2.45, 2.75) is 32.1 Å². The summed E-state index contributed by atoms with van der Waals surface area (Å²) in [6.45, 7) is 3.45. The van der Waals surface area contributed by atoms with Crippen LogP contribution in [-0.2, 0) is 15.7 Å². The number of hydrogen-bond acceptors (Lipinski definition) is 4. The third kappa shape index (κ3) is 5.59. The van der Waals surface area contributed by atoms with Gasteiger partial charge in [-0.2, -0.15) is 13.2 Å². The number of methoxy groups -OCH3 is 1. The lowest BCUT2D eigenvalue weighted by Gasteiger charge is -2.28. The Balaban J connectivity index is 1.64. The van der Waals surface area contributed by atoms with Gasteiger partial charge in [0.05, 0.1) is 39.7 Å². The fourth-order valence-electron chi connectivity index (χ4n) is 5.39. The van der Waals surface area contributed by atoms with E-state index in [-0.39, 0.29) is 23.2 Å². The fourth-order valence-corrected chi connectivity index (χ4v) is 5.96. The third-order valence-electron chi connectivity index (χ3n) is 7.12. The predicted molar refractivity (Wildman–Crippen MR) is 160 cm³/mol. The lowest BCUT2D eigenvalue weighted by molar-refractivity contribution is -0.137. The van der Waals surface area contributed by atoms with Crippen molar-refractivity contribution in [1.82, 2.24) is 14.9 Å². The number of hydrogen-bond donors (Lipinski definition) is 2. The van der Waals surface area contributed by atoms with Gasteiger partial charge in [0.15, 0.2) is 5.11 Å². The molecule has 2 N–H and O–H groups in total. The third-order valence-corrected chi connectivity index (χ3v) is 7.74. The Morgan fingerprint density at radius 2 is 1.86 bits per heavy atom. The molecule has 2 atom stereocenters. The van der Waals surface area contributed by atoms with E-state index in [9.17, 15) is 18.0 Å². The first-order valence-corrected chi connectivity index (χ1v) is 13.7. The summed E-state index contributed by atoms with van der Waals surface area (Å²) in [4.78, 5) is 18.5. The van der Waals surface area contributed by atoms with Gasteiger partial charge in [0, 0.05) is 30.4 Å². The molecule has 4 aromatic rings. The molecule has 42 heavy (non-hydrogen) atoms. The van der Waals surface area contributed by atoms with E-state index in [1.165, 1.54) is 19.2 Å². The molecule has 0 saturated carbocycles. The van der Waals surface area contributed by atoms with E-state index in [0.29, 0.717) is 33.6 Å². The number of alkyl halides is 3. The summed E-state index contributed by atoms with van der Waals surface area (Å²) >= 11 is 12.4. The number of para-hydroxylation sites is 1. The van der Waals surface area contributed by atoms with Gasteiger partial charge in [0.1, 0.15) is 6.61 Å². The number of benzene rings is 2. The van der Waals surface area contributed by atoms with Crippen molar-refractivity contribution >= 4 is 46.2 Å². The van der Waals surface area contributed by atoms with Crippen LogP contribution in [0.4, 0.5) is 24.5 Å². The molecule has 218 valence electrons. The largest absolute Gasteiger partial charge is 0.418 e. The first kappa shape index (κ1) is 29.6. The molecule has 0 unspecified atom stereocenters. The van der Waals surface area contributed by atoms with Gasteiger partial charge in [0.25, 0.3) is 0 Å². The van der Waals surface area contributed by atoms with Crippen molar-refractivity contribution in [2.75, 3.05) is 23.9 Å².